The summed E-state index contributed by atoms with van der Waals surface area (Å²) in [5, 5.41) is 26.4. The highest BCUT2D eigenvalue weighted by molar-refractivity contribution is 7.20. The lowest BCUT2D eigenvalue weighted by atomic mass is 10.2. The van der Waals surface area contributed by atoms with E-state index in [0.717, 1.165) is 44.1 Å². The number of halogens is 3. The van der Waals surface area contributed by atoms with Crippen molar-refractivity contribution in [2.45, 2.75) is 103 Å². The van der Waals surface area contributed by atoms with Crippen LogP contribution in [0.15, 0.2) is 24.3 Å². The number of aliphatic hydroxyl groups excluding tert-OH is 1. The van der Waals surface area contributed by atoms with Gasteiger partial charge < -0.3 is 19.3 Å². The van der Waals surface area contributed by atoms with Crippen LogP contribution in [0.1, 0.15) is 54.4 Å². The van der Waals surface area contributed by atoms with E-state index in [1.165, 1.54) is 0 Å². The average Bonchev–Trinajstić information content (AvgIpc) is 3.48. The molecule has 4 rings (SSSR count). The van der Waals surface area contributed by atoms with Crippen molar-refractivity contribution >= 4 is 61.6 Å². The zero-order chi connectivity index (χ0) is 31.2. The Labute approximate surface area is 264 Å². The molecule has 2 saturated heterocycles. The second-order valence-electron chi connectivity index (χ2n) is 13.8. The van der Waals surface area contributed by atoms with Crippen molar-refractivity contribution in [3.05, 3.63) is 34.6 Å². The Morgan fingerprint density at radius 3 is 1.54 bits per heavy atom. The van der Waals surface area contributed by atoms with Crippen molar-refractivity contribution in [1.82, 2.24) is 20.4 Å². The normalized spacial score (nSPS) is 19.9. The van der Waals surface area contributed by atoms with Crippen molar-refractivity contribution in [1.29, 1.82) is 0 Å². The zero-order valence-electron chi connectivity index (χ0n) is 26.4. The predicted octanol–water partition coefficient (Wildman–Crippen LogP) is 7.66. The minimum Gasteiger partial charge on any atom is -0.412 e. The molecule has 1 N–H and O–H groups in total. The summed E-state index contributed by atoms with van der Waals surface area (Å²) in [6.07, 6.45) is 1.91. The van der Waals surface area contributed by atoms with E-state index in [0.29, 0.717) is 28.0 Å². The number of aromatic nitrogens is 4. The molecule has 41 heavy (non-hydrogen) atoms. The number of β-amino-alcohol motifs (C(OH)–C–C–N with tert-alkyl or cyclic N) is 1. The van der Waals surface area contributed by atoms with Crippen molar-refractivity contribution in [2.24, 2.45) is 0 Å². The first-order valence-corrected chi connectivity index (χ1v) is 21.9. The van der Waals surface area contributed by atoms with Crippen molar-refractivity contribution in [2.75, 3.05) is 36.0 Å². The molecule has 0 bridgehead atoms. The largest absolute Gasteiger partial charge is 0.412 e. The first-order valence-electron chi connectivity index (χ1n) is 14.2. The van der Waals surface area contributed by atoms with Crippen LogP contribution in [-0.2, 0) is 4.43 Å². The fourth-order valence-electron chi connectivity index (χ4n) is 3.53. The van der Waals surface area contributed by atoms with Crippen molar-refractivity contribution in [3.63, 3.8) is 0 Å². The summed E-state index contributed by atoms with van der Waals surface area (Å²) < 4.78 is 6.46. The van der Waals surface area contributed by atoms with Gasteiger partial charge in [-0.25, -0.2) is 0 Å². The number of hydrogen-bond donors (Lipinski definition) is 1. The van der Waals surface area contributed by atoms with Gasteiger partial charge in [0.1, 0.15) is 0 Å². The SMILES string of the molecule is CC(C)(C)[Si](C)(C)Cl.CC(C)(C)[Si](C)(C)O[C@@H]1CCN(c2ccc(Cl)nn2)C1.O[C@@H]1CCN(c2ccc(Cl)nn2)C1. The third-order valence-corrected chi connectivity index (χ3v) is 18.4. The van der Waals surface area contributed by atoms with Gasteiger partial charge in [0.25, 0.3) is 0 Å². The third kappa shape index (κ3) is 11.5. The van der Waals surface area contributed by atoms with Crippen LogP contribution in [-0.4, -0.2) is 79.6 Å². The summed E-state index contributed by atoms with van der Waals surface area (Å²) in [4.78, 5) is 4.22. The number of rotatable bonds is 4. The van der Waals surface area contributed by atoms with Crippen LogP contribution in [0, 0.1) is 0 Å². The zero-order valence-corrected chi connectivity index (χ0v) is 30.6. The van der Waals surface area contributed by atoms with Gasteiger partial charge in [-0.05, 0) is 60.3 Å². The van der Waals surface area contributed by atoms with E-state index >= 15 is 0 Å². The molecule has 2 aliphatic heterocycles. The van der Waals surface area contributed by atoms with E-state index in [-0.39, 0.29) is 11.1 Å². The summed E-state index contributed by atoms with van der Waals surface area (Å²) in [5.41, 5.74) is 0. The number of aliphatic hydroxyl groups is 1. The highest BCUT2D eigenvalue weighted by Crippen LogP contribution is 2.39. The molecule has 0 unspecified atom stereocenters. The Balaban J connectivity index is 0.000000240. The first-order chi connectivity index (χ1) is 18.7. The quantitative estimate of drug-likeness (QED) is 0.264. The van der Waals surface area contributed by atoms with E-state index < -0.39 is 15.7 Å². The molecule has 2 aromatic rings. The van der Waals surface area contributed by atoms with Gasteiger partial charge in [-0.1, -0.05) is 77.8 Å². The topological polar surface area (TPSA) is 87.5 Å². The van der Waals surface area contributed by atoms with Crippen LogP contribution in [0.3, 0.4) is 0 Å². The summed E-state index contributed by atoms with van der Waals surface area (Å²) in [6, 6.07) is 7.22. The van der Waals surface area contributed by atoms with E-state index in [1.54, 1.807) is 12.1 Å². The second-order valence-corrected chi connectivity index (χ2v) is 26.6. The number of nitrogens with zero attached hydrogens (tertiary/aromatic N) is 6. The summed E-state index contributed by atoms with van der Waals surface area (Å²) in [7, 11) is -3.08. The minimum atomic E-state index is -1.69. The van der Waals surface area contributed by atoms with E-state index in [4.69, 9.17) is 38.7 Å². The van der Waals surface area contributed by atoms with E-state index in [2.05, 4.69) is 93.0 Å². The molecule has 0 spiro atoms. The van der Waals surface area contributed by atoms with Gasteiger partial charge in [-0.2, -0.15) is 11.1 Å². The number of hydrogen-bond acceptors (Lipinski definition) is 8. The molecule has 232 valence electrons. The van der Waals surface area contributed by atoms with Crippen LogP contribution < -0.4 is 9.80 Å². The first kappa shape index (κ1) is 36.2. The van der Waals surface area contributed by atoms with Crippen LogP contribution in [0.4, 0.5) is 11.6 Å². The highest BCUT2D eigenvalue weighted by Gasteiger charge is 2.40. The highest BCUT2D eigenvalue weighted by atomic mass is 35.6. The molecule has 0 aromatic carbocycles. The maximum absolute atomic E-state index is 9.30. The van der Waals surface area contributed by atoms with Crippen LogP contribution in [0.25, 0.3) is 0 Å². The molecule has 2 fully saturated rings. The van der Waals surface area contributed by atoms with Gasteiger partial charge in [0, 0.05) is 26.2 Å². The Bertz CT molecular complexity index is 1060. The molecule has 0 amide bonds. The fourth-order valence-corrected chi connectivity index (χ4v) is 5.11. The average molecular weight is 664 g/mol. The Morgan fingerprint density at radius 1 is 0.756 bits per heavy atom. The molecule has 4 heterocycles. The lowest BCUT2D eigenvalue weighted by molar-refractivity contribution is 0.198. The Hall–Kier alpha value is -1.02. The third-order valence-electron chi connectivity index (χ3n) is 8.24. The second kappa shape index (κ2) is 14.6. The maximum Gasteiger partial charge on any atom is 0.192 e. The molecule has 8 nitrogen and oxygen atoms in total. The van der Waals surface area contributed by atoms with Crippen LogP contribution in [0.5, 0.6) is 0 Å². The molecule has 0 aliphatic carbocycles. The monoisotopic (exact) mass is 662 g/mol. The molecule has 2 aliphatic rings. The lowest BCUT2D eigenvalue weighted by Crippen LogP contribution is -2.44. The fraction of sp³-hybridized carbons (Fsp3) is 0.714. The standard InChI is InChI=1S/C14H24ClN3OSi.C8H10ClN3O.C6H15ClSi/c1-14(2,3)20(4,5)19-11-8-9-18(10-11)13-7-6-12(15)16-17-13;9-7-1-2-8(11-10-7)12-4-3-6(13)5-12;1-6(2,3)8(4,5)7/h6-7,11H,8-10H2,1-5H3;1-2,6,13H,3-5H2;1-5H3/t11-;6-;/m11./s1. The molecular weight excluding hydrogens is 615 g/mol. The maximum atomic E-state index is 9.30. The van der Waals surface area contributed by atoms with Gasteiger partial charge in [0.05, 0.1) is 12.2 Å². The predicted molar refractivity (Wildman–Crippen MR) is 179 cm³/mol. The molecule has 0 radical (unpaired) electrons. The van der Waals surface area contributed by atoms with Crippen molar-refractivity contribution in [3.8, 4) is 0 Å². The van der Waals surface area contributed by atoms with Gasteiger partial charge in [0.2, 0.25) is 0 Å². The van der Waals surface area contributed by atoms with Crippen LogP contribution >= 0.6 is 34.3 Å². The van der Waals surface area contributed by atoms with Gasteiger partial charge in [0.15, 0.2) is 37.6 Å². The number of anilines is 2. The molecule has 0 saturated carbocycles. The smallest absolute Gasteiger partial charge is 0.192 e. The summed E-state index contributed by atoms with van der Waals surface area (Å²) in [5.74, 6) is 1.66. The van der Waals surface area contributed by atoms with E-state index in [9.17, 15) is 5.11 Å². The van der Waals surface area contributed by atoms with Crippen LogP contribution in [0.2, 0.25) is 46.6 Å². The lowest BCUT2D eigenvalue weighted by Gasteiger charge is -2.38. The summed E-state index contributed by atoms with van der Waals surface area (Å²) >= 11 is 17.5. The van der Waals surface area contributed by atoms with Crippen molar-refractivity contribution < 1.29 is 9.53 Å². The summed E-state index contributed by atoms with van der Waals surface area (Å²) in [6.45, 7) is 25.7. The van der Waals surface area contributed by atoms with E-state index in [1.807, 2.05) is 17.0 Å². The Kier molecular flexibility index (Phi) is 12.9. The van der Waals surface area contributed by atoms with Gasteiger partial charge in [-0.3, -0.25) is 0 Å². The van der Waals surface area contributed by atoms with Gasteiger partial charge in [-0.15, -0.1) is 20.4 Å². The Morgan fingerprint density at radius 2 is 1.20 bits per heavy atom. The molecule has 13 heteroatoms. The van der Waals surface area contributed by atoms with Gasteiger partial charge >= 0.3 is 0 Å². The molecule has 2 atom stereocenters. The molecule has 2 aromatic heterocycles. The molecular formula is C28H49Cl3N6O2Si2. The minimum absolute atomic E-state index is 0.238.